The van der Waals surface area contributed by atoms with Crippen molar-refractivity contribution in [3.05, 3.63) is 161 Å². The first kappa shape index (κ1) is 36.8. The van der Waals surface area contributed by atoms with Gasteiger partial charge in [-0.1, -0.05) is 109 Å². The third kappa shape index (κ3) is 8.97. The topological polar surface area (TPSA) is 141 Å². The average molecular weight is 746 g/mol. The third-order valence-electron chi connectivity index (χ3n) is 9.35. The van der Waals surface area contributed by atoms with Gasteiger partial charge in [-0.2, -0.15) is 4.73 Å². The van der Waals surface area contributed by atoms with Gasteiger partial charge in [-0.25, -0.2) is 4.79 Å². The second kappa shape index (κ2) is 17.1. The summed E-state index contributed by atoms with van der Waals surface area (Å²) in [4.78, 5) is 39.6. The summed E-state index contributed by atoms with van der Waals surface area (Å²) >= 11 is 1.44. The Kier molecular flexibility index (Phi) is 11.6. The van der Waals surface area contributed by atoms with Gasteiger partial charge in [0.15, 0.2) is 12.5 Å². The first-order valence-electron chi connectivity index (χ1n) is 17.7. The van der Waals surface area contributed by atoms with Gasteiger partial charge >= 0.3 is 6.09 Å². The van der Waals surface area contributed by atoms with Gasteiger partial charge in [0.25, 0.3) is 10.9 Å². The molecule has 54 heavy (non-hydrogen) atoms. The van der Waals surface area contributed by atoms with E-state index in [4.69, 9.17) is 14.2 Å². The minimum absolute atomic E-state index is 0.0430. The molecule has 1 unspecified atom stereocenters. The van der Waals surface area contributed by atoms with Crippen molar-refractivity contribution in [1.82, 2.24) is 10.2 Å². The molecule has 0 radical (unpaired) electrons. The molecule has 5 aromatic rings. The Morgan fingerprint density at radius 1 is 0.852 bits per heavy atom. The number of carbonyl (C=O) groups excluding carboxylic acids is 3. The van der Waals surface area contributed by atoms with Crippen LogP contribution in [0.25, 0.3) is 11.1 Å². The van der Waals surface area contributed by atoms with E-state index in [0.717, 1.165) is 43.7 Å². The summed E-state index contributed by atoms with van der Waals surface area (Å²) in [5.74, 6) is -0.292. The molecule has 0 aliphatic carbocycles. The predicted molar refractivity (Wildman–Crippen MR) is 200 cm³/mol. The highest BCUT2D eigenvalue weighted by Crippen LogP contribution is 2.39. The number of aliphatic hydroxyl groups excluding tert-OH is 1. The van der Waals surface area contributed by atoms with Gasteiger partial charge in [0, 0.05) is 29.9 Å². The van der Waals surface area contributed by atoms with Gasteiger partial charge in [-0.15, -0.1) is 0 Å². The molecule has 3 amide bonds. The number of thioether (sulfide) groups is 1. The van der Waals surface area contributed by atoms with Crippen LogP contribution in [0.15, 0.2) is 133 Å². The Morgan fingerprint density at radius 3 is 2.35 bits per heavy atom. The van der Waals surface area contributed by atoms with E-state index in [1.807, 2.05) is 109 Å². The number of aliphatic hydroxyl groups is 1. The molecule has 2 N–H and O–H groups in total. The Balaban J connectivity index is 1.00. The number of benzene rings is 4. The second-order valence-corrected chi connectivity index (χ2v) is 14.2. The van der Waals surface area contributed by atoms with E-state index >= 15 is 0 Å². The fraction of sp³-hybridized carbons (Fsp3) is 0.238. The molecule has 2 aliphatic rings. The van der Waals surface area contributed by atoms with Crippen molar-refractivity contribution in [1.29, 1.82) is 0 Å². The Hall–Kier alpha value is -5.53. The number of alkyl carbamates (subject to hydrolysis) is 1. The number of imide groups is 1. The first-order chi connectivity index (χ1) is 26.3. The van der Waals surface area contributed by atoms with E-state index in [1.54, 1.807) is 12.1 Å². The lowest BCUT2D eigenvalue weighted by Gasteiger charge is -2.36. The van der Waals surface area contributed by atoms with Crippen molar-refractivity contribution in [2.24, 2.45) is 0 Å². The lowest BCUT2D eigenvalue weighted by molar-refractivity contribution is -0.645. The Labute approximate surface area is 317 Å². The molecule has 4 aromatic carbocycles. The van der Waals surface area contributed by atoms with Crippen molar-refractivity contribution in [2.75, 3.05) is 5.75 Å². The van der Waals surface area contributed by atoms with Crippen LogP contribution in [0.2, 0.25) is 0 Å². The standard InChI is InChI=1S/C42H39N3O8S/c46-25-28-12-14-32(15-13-28)37-22-35(27-54-39-11-4-5-20-45(39)50)52-41(53-37)33-18-16-31(17-19-33)34-10-6-9-30(21-34)24-44-38(47)23-36(40(44)48)43-42(49)51-26-29-7-2-1-3-8-29/h1-21,35-37,41,46H,22-27H2,(H,43,49)/t35-,36?,37+,41+/m0/s1. The number of likely N-dealkylation sites (tertiary alicyclic amines) is 1. The van der Waals surface area contributed by atoms with E-state index in [-0.39, 0.29) is 44.3 Å². The number of hydrogen-bond acceptors (Lipinski definition) is 9. The number of nitrogens with zero attached hydrogens (tertiary/aromatic N) is 2. The summed E-state index contributed by atoms with van der Waals surface area (Å²) in [5.41, 5.74) is 6.01. The van der Waals surface area contributed by atoms with Gasteiger partial charge < -0.3 is 29.8 Å². The predicted octanol–water partition coefficient (Wildman–Crippen LogP) is 6.37. The van der Waals surface area contributed by atoms with Gasteiger partial charge in [0.05, 0.1) is 31.8 Å². The molecular formula is C42H39N3O8S. The van der Waals surface area contributed by atoms with Crippen LogP contribution >= 0.6 is 11.8 Å². The number of carbonyl (C=O) groups is 3. The molecule has 2 aliphatic heterocycles. The maximum Gasteiger partial charge on any atom is 0.408 e. The molecule has 7 rings (SSSR count). The zero-order valence-electron chi connectivity index (χ0n) is 29.3. The third-order valence-corrected chi connectivity index (χ3v) is 10.5. The molecule has 3 heterocycles. The molecular weight excluding hydrogens is 707 g/mol. The number of pyridine rings is 1. The fourth-order valence-corrected chi connectivity index (χ4v) is 7.39. The highest BCUT2D eigenvalue weighted by Gasteiger charge is 2.40. The molecule has 0 saturated carbocycles. The maximum absolute atomic E-state index is 13.2. The van der Waals surface area contributed by atoms with Gasteiger partial charge in [0.2, 0.25) is 5.91 Å². The molecule has 276 valence electrons. The summed E-state index contributed by atoms with van der Waals surface area (Å²) < 4.78 is 19.0. The van der Waals surface area contributed by atoms with E-state index in [2.05, 4.69) is 5.32 Å². The Morgan fingerprint density at radius 2 is 1.59 bits per heavy atom. The smallest absolute Gasteiger partial charge is 0.408 e. The van der Waals surface area contributed by atoms with E-state index in [9.17, 15) is 24.7 Å². The zero-order chi connectivity index (χ0) is 37.4. The van der Waals surface area contributed by atoms with Crippen LogP contribution in [0.3, 0.4) is 0 Å². The van der Waals surface area contributed by atoms with Gasteiger partial charge in [0.1, 0.15) is 12.6 Å². The van der Waals surface area contributed by atoms with Crippen LogP contribution in [0.1, 0.15) is 53.1 Å². The zero-order valence-corrected chi connectivity index (χ0v) is 30.1. The van der Waals surface area contributed by atoms with E-state index in [1.165, 1.54) is 22.9 Å². The van der Waals surface area contributed by atoms with E-state index < -0.39 is 24.3 Å². The van der Waals surface area contributed by atoms with Crippen molar-refractivity contribution in [2.45, 2.75) is 62.2 Å². The van der Waals surface area contributed by atoms with Crippen LogP contribution in [0, 0.1) is 5.21 Å². The molecule has 2 fully saturated rings. The molecule has 1 aromatic heterocycles. The number of rotatable bonds is 12. The SMILES string of the molecule is O=C(NC1CC(=O)N(Cc2cccc(-c3ccc([C@@H]4O[C@H](CSc5cccc[n+]5[O-])C[C@H](c5ccc(CO)cc5)O4)cc3)c2)C1=O)OCc1ccccc1. The molecule has 2 saturated heterocycles. The van der Waals surface area contributed by atoms with Gasteiger partial charge in [-0.3, -0.25) is 14.5 Å². The molecule has 4 atom stereocenters. The second-order valence-electron chi connectivity index (χ2n) is 13.1. The lowest BCUT2D eigenvalue weighted by atomic mass is 9.99. The summed E-state index contributed by atoms with van der Waals surface area (Å²) in [5, 5.41) is 24.9. The number of aromatic nitrogens is 1. The molecule has 12 heteroatoms. The highest BCUT2D eigenvalue weighted by molar-refractivity contribution is 7.99. The van der Waals surface area contributed by atoms with Crippen molar-refractivity contribution in [3.63, 3.8) is 0 Å². The number of hydrogen-bond donors (Lipinski definition) is 2. The quantitative estimate of drug-likeness (QED) is 0.0645. The minimum Gasteiger partial charge on any atom is -0.618 e. The summed E-state index contributed by atoms with van der Waals surface area (Å²) in [7, 11) is 0. The van der Waals surface area contributed by atoms with Crippen LogP contribution in [-0.4, -0.2) is 45.8 Å². The Bertz CT molecular complexity index is 2080. The number of amides is 3. The van der Waals surface area contributed by atoms with Crippen LogP contribution in [0.5, 0.6) is 0 Å². The van der Waals surface area contributed by atoms with Crippen molar-refractivity contribution >= 4 is 29.7 Å². The average Bonchev–Trinajstić information content (AvgIpc) is 3.47. The highest BCUT2D eigenvalue weighted by atomic mass is 32.2. The summed E-state index contributed by atoms with van der Waals surface area (Å²) in [6.07, 6.45) is 0.0455. The normalized spacial score (nSPS) is 19.8. The first-order valence-corrected chi connectivity index (χ1v) is 18.6. The van der Waals surface area contributed by atoms with Crippen LogP contribution < -0.4 is 10.0 Å². The van der Waals surface area contributed by atoms with E-state index in [0.29, 0.717) is 17.2 Å². The summed E-state index contributed by atoms with van der Waals surface area (Å²) in [6, 6.07) is 36.7. The van der Waals surface area contributed by atoms with Crippen molar-refractivity contribution < 1.29 is 38.4 Å². The molecule has 0 spiro atoms. The monoisotopic (exact) mass is 745 g/mol. The van der Waals surface area contributed by atoms with Crippen LogP contribution in [0.4, 0.5) is 4.79 Å². The number of ether oxygens (including phenoxy) is 3. The largest absolute Gasteiger partial charge is 0.618 e. The lowest BCUT2D eigenvalue weighted by Crippen LogP contribution is -2.41. The van der Waals surface area contributed by atoms with Crippen LogP contribution in [-0.2, 0) is 43.6 Å². The van der Waals surface area contributed by atoms with Gasteiger partial charge in [-0.05, 0) is 45.5 Å². The summed E-state index contributed by atoms with van der Waals surface area (Å²) in [6.45, 7) is 0.0807. The maximum atomic E-state index is 13.2. The fourth-order valence-electron chi connectivity index (χ4n) is 6.46. The number of nitrogens with one attached hydrogen (secondary N) is 1. The molecule has 11 nitrogen and oxygen atoms in total. The van der Waals surface area contributed by atoms with Crippen molar-refractivity contribution in [3.8, 4) is 11.1 Å². The minimum atomic E-state index is -0.986. The molecule has 0 bridgehead atoms.